The molecular formula is C27H33F3N4O3. The van der Waals surface area contributed by atoms with Crippen molar-refractivity contribution in [1.82, 2.24) is 20.5 Å². The van der Waals surface area contributed by atoms with Gasteiger partial charge >= 0.3 is 6.18 Å². The Morgan fingerprint density at radius 1 is 1.08 bits per heavy atom. The van der Waals surface area contributed by atoms with E-state index >= 15 is 0 Å². The van der Waals surface area contributed by atoms with Crippen molar-refractivity contribution in [2.45, 2.75) is 62.9 Å². The fourth-order valence-electron chi connectivity index (χ4n) is 5.39. The third-order valence-electron chi connectivity index (χ3n) is 7.27. The second kappa shape index (κ2) is 12.0. The number of benzene rings is 1. The van der Waals surface area contributed by atoms with E-state index in [2.05, 4.69) is 32.7 Å². The van der Waals surface area contributed by atoms with Crippen LogP contribution in [0.2, 0.25) is 0 Å². The summed E-state index contributed by atoms with van der Waals surface area (Å²) in [5.41, 5.74) is 0.272. The normalized spacial score (nSPS) is 24.5. The minimum Gasteiger partial charge on any atom is -0.375 e. The van der Waals surface area contributed by atoms with Gasteiger partial charge in [-0.2, -0.15) is 13.2 Å². The number of alkyl halides is 3. The maximum atomic E-state index is 12.9. The van der Waals surface area contributed by atoms with Crippen LogP contribution in [0.5, 0.6) is 0 Å². The molecule has 10 heteroatoms. The number of aromatic nitrogens is 1. The molecule has 1 saturated heterocycles. The first-order chi connectivity index (χ1) is 17.7. The molecule has 0 bridgehead atoms. The van der Waals surface area contributed by atoms with Crippen molar-refractivity contribution in [1.29, 1.82) is 0 Å². The fraction of sp³-hybridized carbons (Fsp3) is 0.519. The van der Waals surface area contributed by atoms with E-state index in [1.165, 1.54) is 17.7 Å². The number of carbonyl (C=O) groups excluding carboxylic acids is 2. The quantitative estimate of drug-likeness (QED) is 0.556. The highest BCUT2D eigenvalue weighted by atomic mass is 19.4. The number of carbonyl (C=O) groups is 2. The van der Waals surface area contributed by atoms with Crippen LogP contribution >= 0.6 is 0 Å². The summed E-state index contributed by atoms with van der Waals surface area (Å²) in [6, 6.07) is 8.49. The topological polar surface area (TPSA) is 83.6 Å². The molecule has 2 heterocycles. The molecule has 7 nitrogen and oxygen atoms in total. The standard InChI is InChI=1S/C27H33F3N4O3/c1-2-37-24-17-34(22-8-6-18(7-9-22)19-10-12-31-13-11-19)16-23(24)33-25(35)15-32-26(36)20-4-3-5-21(14-20)27(28,29)30/h3-5,10-14,18,22-24H,2,6-9,15-17H2,1H3,(H,32,36)(H,33,35)/t18?,22?,23-,24-/m0/s1. The molecule has 37 heavy (non-hydrogen) atoms. The Kier molecular flexibility index (Phi) is 8.81. The monoisotopic (exact) mass is 518 g/mol. The first-order valence-corrected chi connectivity index (χ1v) is 12.7. The Morgan fingerprint density at radius 3 is 2.49 bits per heavy atom. The number of nitrogens with one attached hydrogen (secondary N) is 2. The highest BCUT2D eigenvalue weighted by Crippen LogP contribution is 2.36. The Labute approximate surface area is 214 Å². The minimum absolute atomic E-state index is 0.149. The summed E-state index contributed by atoms with van der Waals surface area (Å²) < 4.78 is 44.7. The van der Waals surface area contributed by atoms with Crippen LogP contribution in [0.3, 0.4) is 0 Å². The van der Waals surface area contributed by atoms with E-state index in [9.17, 15) is 22.8 Å². The summed E-state index contributed by atoms with van der Waals surface area (Å²) in [5, 5.41) is 5.37. The first kappa shape index (κ1) is 27.1. The lowest BCUT2D eigenvalue weighted by Crippen LogP contribution is -2.48. The summed E-state index contributed by atoms with van der Waals surface area (Å²) in [4.78, 5) is 31.4. The Bertz CT molecular complexity index is 1060. The van der Waals surface area contributed by atoms with Crippen LogP contribution in [0.15, 0.2) is 48.8 Å². The third-order valence-corrected chi connectivity index (χ3v) is 7.27. The third kappa shape index (κ3) is 7.07. The Balaban J connectivity index is 1.28. The lowest BCUT2D eigenvalue weighted by atomic mass is 9.81. The average Bonchev–Trinajstić information content (AvgIpc) is 3.29. The fourth-order valence-corrected chi connectivity index (χ4v) is 5.39. The van der Waals surface area contributed by atoms with Gasteiger partial charge in [0.2, 0.25) is 5.91 Å². The van der Waals surface area contributed by atoms with E-state index in [-0.39, 0.29) is 24.3 Å². The second-order valence-electron chi connectivity index (χ2n) is 9.67. The molecule has 1 aromatic carbocycles. The Hall–Kier alpha value is -2.98. The molecule has 2 atom stereocenters. The molecule has 0 radical (unpaired) electrons. The first-order valence-electron chi connectivity index (χ1n) is 12.7. The number of amides is 2. The number of hydrogen-bond donors (Lipinski definition) is 2. The molecule has 2 aromatic rings. The smallest absolute Gasteiger partial charge is 0.375 e. The summed E-state index contributed by atoms with van der Waals surface area (Å²) in [7, 11) is 0. The molecule has 2 fully saturated rings. The summed E-state index contributed by atoms with van der Waals surface area (Å²) in [6.07, 6.45) is 3.30. The predicted molar refractivity (Wildman–Crippen MR) is 132 cm³/mol. The van der Waals surface area contributed by atoms with E-state index in [1.807, 2.05) is 19.3 Å². The molecule has 0 unspecified atom stereocenters. The number of halogens is 3. The highest BCUT2D eigenvalue weighted by molar-refractivity contribution is 5.96. The molecule has 1 aliphatic heterocycles. The SMILES string of the molecule is CCO[C@H]1CN(C2CCC(c3ccncc3)CC2)C[C@@H]1NC(=O)CNC(=O)c1cccc(C(F)(F)F)c1. The van der Waals surface area contributed by atoms with E-state index in [0.717, 1.165) is 44.4 Å². The average molecular weight is 519 g/mol. The molecule has 1 aliphatic carbocycles. The number of pyridine rings is 1. The maximum absolute atomic E-state index is 12.9. The zero-order chi connectivity index (χ0) is 26.4. The molecular weight excluding hydrogens is 485 g/mol. The van der Waals surface area contributed by atoms with Crippen LogP contribution in [0, 0.1) is 0 Å². The zero-order valence-corrected chi connectivity index (χ0v) is 20.8. The van der Waals surface area contributed by atoms with Gasteiger partial charge in [0.15, 0.2) is 0 Å². The van der Waals surface area contributed by atoms with Gasteiger partial charge in [-0.3, -0.25) is 19.5 Å². The van der Waals surface area contributed by atoms with E-state index < -0.39 is 23.6 Å². The lowest BCUT2D eigenvalue weighted by molar-refractivity contribution is -0.137. The van der Waals surface area contributed by atoms with Crippen molar-refractivity contribution in [2.24, 2.45) is 0 Å². The molecule has 2 amide bonds. The summed E-state index contributed by atoms with van der Waals surface area (Å²) in [6.45, 7) is 3.48. The van der Waals surface area contributed by atoms with Gasteiger partial charge in [-0.25, -0.2) is 0 Å². The number of likely N-dealkylation sites (tertiary alicyclic amines) is 1. The van der Waals surface area contributed by atoms with Crippen LogP contribution < -0.4 is 10.6 Å². The number of nitrogens with zero attached hydrogens (tertiary/aromatic N) is 2. The van der Waals surface area contributed by atoms with Gasteiger partial charge in [0, 0.05) is 43.7 Å². The van der Waals surface area contributed by atoms with Gasteiger partial charge in [0.1, 0.15) is 0 Å². The van der Waals surface area contributed by atoms with Gasteiger partial charge in [0.25, 0.3) is 5.91 Å². The van der Waals surface area contributed by atoms with Crippen molar-refractivity contribution >= 4 is 11.8 Å². The predicted octanol–water partition coefficient (Wildman–Crippen LogP) is 3.76. The maximum Gasteiger partial charge on any atom is 0.416 e. The van der Waals surface area contributed by atoms with E-state index in [0.29, 0.717) is 25.1 Å². The van der Waals surface area contributed by atoms with E-state index in [4.69, 9.17) is 4.74 Å². The highest BCUT2D eigenvalue weighted by Gasteiger charge is 2.39. The molecule has 2 N–H and O–H groups in total. The second-order valence-corrected chi connectivity index (χ2v) is 9.67. The summed E-state index contributed by atoms with van der Waals surface area (Å²) >= 11 is 0. The van der Waals surface area contributed by atoms with Crippen LogP contribution in [-0.4, -0.2) is 66.1 Å². The lowest BCUT2D eigenvalue weighted by Gasteiger charge is -2.34. The molecule has 4 rings (SSSR count). The van der Waals surface area contributed by atoms with Crippen LogP contribution in [-0.2, 0) is 15.7 Å². The van der Waals surface area contributed by atoms with Crippen molar-refractivity contribution in [3.05, 3.63) is 65.5 Å². The Morgan fingerprint density at radius 2 is 1.81 bits per heavy atom. The van der Waals surface area contributed by atoms with Crippen LogP contribution in [0.25, 0.3) is 0 Å². The van der Waals surface area contributed by atoms with Crippen LogP contribution in [0.4, 0.5) is 13.2 Å². The van der Waals surface area contributed by atoms with Crippen molar-refractivity contribution < 1.29 is 27.5 Å². The molecule has 1 aromatic heterocycles. The van der Waals surface area contributed by atoms with Crippen molar-refractivity contribution in [3.63, 3.8) is 0 Å². The largest absolute Gasteiger partial charge is 0.416 e. The van der Waals surface area contributed by atoms with Crippen LogP contribution in [0.1, 0.15) is 60.0 Å². The van der Waals surface area contributed by atoms with Gasteiger partial charge < -0.3 is 15.4 Å². The number of rotatable bonds is 8. The minimum atomic E-state index is -4.55. The zero-order valence-electron chi connectivity index (χ0n) is 20.8. The van der Waals surface area contributed by atoms with Gasteiger partial charge in [-0.1, -0.05) is 6.07 Å². The molecule has 2 aliphatic rings. The van der Waals surface area contributed by atoms with Crippen molar-refractivity contribution in [2.75, 3.05) is 26.2 Å². The van der Waals surface area contributed by atoms with Gasteiger partial charge in [0.05, 0.1) is 24.3 Å². The van der Waals surface area contributed by atoms with Crippen molar-refractivity contribution in [3.8, 4) is 0 Å². The molecule has 0 spiro atoms. The molecule has 1 saturated carbocycles. The molecule has 200 valence electrons. The number of hydrogen-bond acceptors (Lipinski definition) is 5. The van der Waals surface area contributed by atoms with E-state index in [1.54, 1.807) is 0 Å². The van der Waals surface area contributed by atoms with Gasteiger partial charge in [-0.05, 0) is 74.4 Å². The number of ether oxygens (including phenoxy) is 1. The van der Waals surface area contributed by atoms with Gasteiger partial charge in [-0.15, -0.1) is 0 Å². The summed E-state index contributed by atoms with van der Waals surface area (Å²) in [5.74, 6) is -0.597.